The number of rotatable bonds is 6. The van der Waals surface area contributed by atoms with Gasteiger partial charge in [0.2, 0.25) is 5.91 Å². The molecule has 1 N–H and O–H groups in total. The van der Waals surface area contributed by atoms with Gasteiger partial charge in [-0.3, -0.25) is 9.59 Å². The van der Waals surface area contributed by atoms with Crippen LogP contribution < -0.4 is 5.32 Å². The van der Waals surface area contributed by atoms with Crippen molar-refractivity contribution < 1.29 is 9.59 Å². The van der Waals surface area contributed by atoms with Crippen LogP contribution in [0, 0.1) is 0 Å². The topological polar surface area (TPSA) is 49.4 Å². The van der Waals surface area contributed by atoms with Crippen LogP contribution in [-0.4, -0.2) is 36.6 Å². The largest absolute Gasteiger partial charge is 0.343 e. The third-order valence-corrected chi connectivity index (χ3v) is 4.18. The summed E-state index contributed by atoms with van der Waals surface area (Å²) in [6.45, 7) is 0.516. The Bertz CT molecular complexity index is 656. The Morgan fingerprint density at radius 2 is 1.70 bits per heavy atom. The van der Waals surface area contributed by atoms with Crippen LogP contribution in [0.2, 0.25) is 0 Å². The molecule has 0 fully saturated rings. The van der Waals surface area contributed by atoms with Crippen molar-refractivity contribution in [3.05, 3.63) is 65.7 Å². The van der Waals surface area contributed by atoms with Gasteiger partial charge in [0.15, 0.2) is 0 Å². The molecule has 5 heteroatoms. The van der Waals surface area contributed by atoms with Gasteiger partial charge in [-0.15, -0.1) is 11.8 Å². The highest BCUT2D eigenvalue weighted by Gasteiger charge is 2.11. The Balaban J connectivity index is 1.83. The molecule has 120 valence electrons. The Hall–Kier alpha value is -2.27. The first-order chi connectivity index (χ1) is 11.1. The van der Waals surface area contributed by atoms with Gasteiger partial charge < -0.3 is 10.2 Å². The number of carbonyl (C=O) groups excluding carboxylic acids is 2. The Labute approximate surface area is 140 Å². The number of hydrogen-bond donors (Lipinski definition) is 1. The van der Waals surface area contributed by atoms with Crippen molar-refractivity contribution in [1.82, 2.24) is 10.2 Å². The molecule has 0 aromatic heterocycles. The highest BCUT2D eigenvalue weighted by Crippen LogP contribution is 2.15. The summed E-state index contributed by atoms with van der Waals surface area (Å²) in [4.78, 5) is 26.8. The van der Waals surface area contributed by atoms with Crippen molar-refractivity contribution in [3.63, 3.8) is 0 Å². The number of benzene rings is 2. The van der Waals surface area contributed by atoms with Crippen LogP contribution in [-0.2, 0) is 11.3 Å². The smallest absolute Gasteiger partial charge is 0.251 e. The predicted molar refractivity (Wildman–Crippen MR) is 93.5 cm³/mol. The van der Waals surface area contributed by atoms with Crippen molar-refractivity contribution in [2.45, 2.75) is 11.4 Å². The van der Waals surface area contributed by atoms with Gasteiger partial charge >= 0.3 is 0 Å². The second-order valence-electron chi connectivity index (χ2n) is 5.15. The molecule has 0 atom stereocenters. The second kappa shape index (κ2) is 8.39. The fourth-order valence-corrected chi connectivity index (χ4v) is 2.48. The van der Waals surface area contributed by atoms with E-state index in [1.54, 1.807) is 48.0 Å². The lowest BCUT2D eigenvalue weighted by Gasteiger charge is -2.17. The zero-order valence-corrected chi connectivity index (χ0v) is 14.1. The van der Waals surface area contributed by atoms with Crippen LogP contribution in [0.5, 0.6) is 0 Å². The number of carbonyl (C=O) groups is 2. The Morgan fingerprint density at radius 3 is 2.30 bits per heavy atom. The molecule has 4 nitrogen and oxygen atoms in total. The summed E-state index contributed by atoms with van der Waals surface area (Å²) in [5, 5.41) is 2.65. The summed E-state index contributed by atoms with van der Waals surface area (Å²) in [5.41, 5.74) is 1.61. The molecule has 2 aromatic carbocycles. The molecule has 0 spiro atoms. The third kappa shape index (κ3) is 5.14. The molecule has 2 amide bonds. The van der Waals surface area contributed by atoms with Crippen molar-refractivity contribution in [1.29, 1.82) is 0 Å². The van der Waals surface area contributed by atoms with Gasteiger partial charge in [0.1, 0.15) is 0 Å². The van der Waals surface area contributed by atoms with E-state index in [1.807, 2.05) is 36.6 Å². The predicted octanol–water partition coefficient (Wildman–Crippen LogP) is 2.80. The number of nitrogens with zero attached hydrogens (tertiary/aromatic N) is 1. The average Bonchev–Trinajstić information content (AvgIpc) is 2.60. The Morgan fingerprint density at radius 1 is 1.04 bits per heavy atom. The molecule has 0 aliphatic carbocycles. The molecular weight excluding hydrogens is 308 g/mol. The van der Waals surface area contributed by atoms with E-state index in [1.165, 1.54) is 4.90 Å². The van der Waals surface area contributed by atoms with Crippen molar-refractivity contribution in [2.24, 2.45) is 0 Å². The van der Waals surface area contributed by atoms with Crippen molar-refractivity contribution in [3.8, 4) is 0 Å². The maximum atomic E-state index is 12.1. The van der Waals surface area contributed by atoms with Gasteiger partial charge in [-0.25, -0.2) is 0 Å². The van der Waals surface area contributed by atoms with Crippen LogP contribution in [0.4, 0.5) is 0 Å². The molecule has 0 unspecified atom stereocenters. The normalized spacial score (nSPS) is 10.2. The lowest BCUT2D eigenvalue weighted by Crippen LogP contribution is -2.37. The quantitative estimate of drug-likeness (QED) is 0.830. The average molecular weight is 328 g/mol. The molecule has 0 saturated heterocycles. The van der Waals surface area contributed by atoms with Crippen LogP contribution in [0.3, 0.4) is 0 Å². The minimum absolute atomic E-state index is 0.00682. The molecule has 0 radical (unpaired) electrons. The third-order valence-electron chi connectivity index (χ3n) is 3.44. The summed E-state index contributed by atoms with van der Waals surface area (Å²) >= 11 is 1.68. The van der Waals surface area contributed by atoms with Crippen LogP contribution in [0.1, 0.15) is 15.9 Å². The van der Waals surface area contributed by atoms with Crippen LogP contribution in [0.15, 0.2) is 59.5 Å². The molecule has 0 bridgehead atoms. The van der Waals surface area contributed by atoms with E-state index in [-0.39, 0.29) is 18.4 Å². The fourth-order valence-electron chi connectivity index (χ4n) is 2.08. The molecule has 0 aliphatic heterocycles. The highest BCUT2D eigenvalue weighted by atomic mass is 32.2. The SMILES string of the molecule is CSc1ccc(CN(C)C(=O)CNC(=O)c2ccccc2)cc1. The number of thioether (sulfide) groups is 1. The van der Waals surface area contributed by atoms with Gasteiger partial charge in [-0.2, -0.15) is 0 Å². The van der Waals surface area contributed by atoms with Crippen molar-refractivity contribution >= 4 is 23.6 Å². The van der Waals surface area contributed by atoms with Crippen LogP contribution in [0.25, 0.3) is 0 Å². The maximum Gasteiger partial charge on any atom is 0.251 e. The summed E-state index contributed by atoms with van der Waals surface area (Å²) in [6, 6.07) is 17.0. The number of hydrogen-bond acceptors (Lipinski definition) is 3. The number of nitrogens with one attached hydrogen (secondary N) is 1. The first-order valence-electron chi connectivity index (χ1n) is 7.30. The minimum atomic E-state index is -0.239. The molecule has 0 saturated carbocycles. The molecule has 2 rings (SSSR count). The van der Waals surface area contributed by atoms with E-state index in [2.05, 4.69) is 5.32 Å². The first kappa shape index (κ1) is 17.1. The van der Waals surface area contributed by atoms with E-state index in [0.29, 0.717) is 12.1 Å². The summed E-state index contributed by atoms with van der Waals surface area (Å²) in [6.07, 6.45) is 2.03. The zero-order valence-electron chi connectivity index (χ0n) is 13.3. The molecule has 23 heavy (non-hydrogen) atoms. The second-order valence-corrected chi connectivity index (χ2v) is 6.03. The Kier molecular flexibility index (Phi) is 6.23. The lowest BCUT2D eigenvalue weighted by molar-refractivity contribution is -0.129. The van der Waals surface area contributed by atoms with Gasteiger partial charge in [-0.1, -0.05) is 30.3 Å². The zero-order chi connectivity index (χ0) is 16.7. The van der Waals surface area contributed by atoms with E-state index in [4.69, 9.17) is 0 Å². The standard InChI is InChI=1S/C18H20N2O2S/c1-20(13-14-8-10-16(23-2)11-9-14)17(21)12-19-18(22)15-6-4-3-5-7-15/h3-11H,12-13H2,1-2H3,(H,19,22). The summed E-state index contributed by atoms with van der Waals surface area (Å²) in [7, 11) is 1.74. The van der Waals surface area contributed by atoms with E-state index in [9.17, 15) is 9.59 Å². The molecule has 2 aromatic rings. The van der Waals surface area contributed by atoms with E-state index in [0.717, 1.165) is 5.56 Å². The van der Waals surface area contributed by atoms with E-state index >= 15 is 0 Å². The lowest BCUT2D eigenvalue weighted by atomic mass is 10.2. The summed E-state index contributed by atoms with van der Waals surface area (Å²) < 4.78 is 0. The van der Waals surface area contributed by atoms with Gasteiger partial charge in [0.25, 0.3) is 5.91 Å². The monoisotopic (exact) mass is 328 g/mol. The molecular formula is C18H20N2O2S. The van der Waals surface area contributed by atoms with Crippen molar-refractivity contribution in [2.75, 3.05) is 19.8 Å². The summed E-state index contributed by atoms with van der Waals surface area (Å²) in [5.74, 6) is -0.361. The maximum absolute atomic E-state index is 12.1. The number of amides is 2. The molecule has 0 heterocycles. The fraction of sp³-hybridized carbons (Fsp3) is 0.222. The van der Waals surface area contributed by atoms with Crippen LogP contribution >= 0.6 is 11.8 Å². The number of likely N-dealkylation sites (N-methyl/N-ethyl adjacent to an activating group) is 1. The first-order valence-corrected chi connectivity index (χ1v) is 8.53. The molecule has 0 aliphatic rings. The minimum Gasteiger partial charge on any atom is -0.343 e. The van der Waals surface area contributed by atoms with Gasteiger partial charge in [-0.05, 0) is 36.1 Å². The van der Waals surface area contributed by atoms with Gasteiger partial charge in [0, 0.05) is 24.1 Å². The highest BCUT2D eigenvalue weighted by molar-refractivity contribution is 7.98. The van der Waals surface area contributed by atoms with Gasteiger partial charge in [0.05, 0.1) is 6.54 Å². The van der Waals surface area contributed by atoms with E-state index < -0.39 is 0 Å².